The van der Waals surface area contributed by atoms with Gasteiger partial charge in [-0.3, -0.25) is 0 Å². The maximum atomic E-state index is 5.28. The Morgan fingerprint density at radius 2 is 1.91 bits per heavy atom. The van der Waals surface area contributed by atoms with Gasteiger partial charge in [-0.15, -0.1) is 0 Å². The lowest BCUT2D eigenvalue weighted by Gasteiger charge is -2.22. The van der Waals surface area contributed by atoms with Crippen LogP contribution in [0, 0.1) is 5.92 Å². The predicted molar refractivity (Wildman–Crippen MR) is 56.9 cm³/mol. The number of hydrogen-bond acceptors (Lipinski definition) is 3. The summed E-state index contributed by atoms with van der Waals surface area (Å²) >= 11 is 8.51. The maximum Gasteiger partial charge on any atom is 0.0695 e. The maximum absolute atomic E-state index is 5.28. The summed E-state index contributed by atoms with van der Waals surface area (Å²) in [5.74, 6) is 2.25. The Labute approximate surface area is 80.7 Å². The zero-order chi connectivity index (χ0) is 8.69. The van der Waals surface area contributed by atoms with Crippen LogP contribution in [0.2, 0.25) is 0 Å². The lowest BCUT2D eigenvalue weighted by atomic mass is 10.0. The molecule has 2 atom stereocenters. The van der Waals surface area contributed by atoms with Crippen molar-refractivity contribution in [2.45, 2.75) is 25.9 Å². The van der Waals surface area contributed by atoms with Crippen LogP contribution in [-0.4, -0.2) is 24.7 Å². The topological polar surface area (TPSA) is 9.23 Å². The van der Waals surface area contributed by atoms with E-state index in [0.29, 0.717) is 5.92 Å². The van der Waals surface area contributed by atoms with Crippen LogP contribution in [0.15, 0.2) is 0 Å². The molecule has 0 radical (unpaired) electrons. The van der Waals surface area contributed by atoms with E-state index in [1.165, 1.54) is 12.8 Å². The number of rotatable bonds is 6. The summed E-state index contributed by atoms with van der Waals surface area (Å²) in [6, 6.07) is 0. The quantitative estimate of drug-likeness (QED) is 0.617. The van der Waals surface area contributed by atoms with Crippen molar-refractivity contribution in [1.82, 2.24) is 0 Å². The summed E-state index contributed by atoms with van der Waals surface area (Å²) in [7, 11) is 1.74. The normalized spacial score (nSPS) is 16.4. The highest BCUT2D eigenvalue weighted by Gasteiger charge is 2.16. The zero-order valence-corrected chi connectivity index (χ0v) is 9.07. The minimum atomic E-state index is 0.274. The van der Waals surface area contributed by atoms with Crippen LogP contribution in [0.4, 0.5) is 0 Å². The van der Waals surface area contributed by atoms with E-state index in [2.05, 4.69) is 32.2 Å². The Balaban J connectivity index is 3.76. The van der Waals surface area contributed by atoms with Crippen molar-refractivity contribution in [2.75, 3.05) is 18.6 Å². The fraction of sp³-hybridized carbons (Fsp3) is 1.00. The van der Waals surface area contributed by atoms with E-state index < -0.39 is 0 Å². The van der Waals surface area contributed by atoms with Crippen molar-refractivity contribution in [3.8, 4) is 0 Å². The van der Waals surface area contributed by atoms with Gasteiger partial charge in [-0.05, 0) is 18.1 Å². The number of methoxy groups -OCH3 is 1. The lowest BCUT2D eigenvalue weighted by molar-refractivity contribution is 0.0761. The van der Waals surface area contributed by atoms with Crippen LogP contribution >= 0.6 is 25.3 Å². The van der Waals surface area contributed by atoms with Gasteiger partial charge in [0.25, 0.3) is 0 Å². The van der Waals surface area contributed by atoms with Crippen LogP contribution in [-0.2, 0) is 4.74 Å². The molecule has 0 aromatic heterocycles. The smallest absolute Gasteiger partial charge is 0.0695 e. The van der Waals surface area contributed by atoms with Crippen LogP contribution < -0.4 is 0 Å². The number of hydrogen-bond donors (Lipinski definition) is 2. The zero-order valence-electron chi connectivity index (χ0n) is 7.29. The number of thiol groups is 2. The molecule has 0 rings (SSSR count). The molecule has 0 aromatic rings. The molecular formula is C8H18OS2. The Kier molecular flexibility index (Phi) is 7.76. The van der Waals surface area contributed by atoms with Gasteiger partial charge in [0.15, 0.2) is 0 Å². The van der Waals surface area contributed by atoms with E-state index in [9.17, 15) is 0 Å². The van der Waals surface area contributed by atoms with Crippen LogP contribution in [0.5, 0.6) is 0 Å². The third-order valence-electron chi connectivity index (χ3n) is 1.90. The second-order valence-corrected chi connectivity index (χ2v) is 3.42. The first kappa shape index (κ1) is 11.7. The van der Waals surface area contributed by atoms with E-state index in [1.54, 1.807) is 7.11 Å². The van der Waals surface area contributed by atoms with Gasteiger partial charge in [-0.25, -0.2) is 0 Å². The second-order valence-electron chi connectivity index (χ2n) is 2.69. The Bertz CT molecular complexity index is 84.2. The van der Waals surface area contributed by atoms with Gasteiger partial charge < -0.3 is 4.74 Å². The fourth-order valence-electron chi connectivity index (χ4n) is 1.18. The highest BCUT2D eigenvalue weighted by atomic mass is 32.1. The molecule has 11 heavy (non-hydrogen) atoms. The molecule has 0 fully saturated rings. The van der Waals surface area contributed by atoms with Gasteiger partial charge >= 0.3 is 0 Å². The monoisotopic (exact) mass is 194 g/mol. The van der Waals surface area contributed by atoms with Gasteiger partial charge in [0.1, 0.15) is 0 Å². The van der Waals surface area contributed by atoms with Crippen LogP contribution in [0.3, 0.4) is 0 Å². The van der Waals surface area contributed by atoms with E-state index in [1.807, 2.05) is 0 Å². The van der Waals surface area contributed by atoms with Gasteiger partial charge in [0, 0.05) is 12.9 Å². The first-order chi connectivity index (χ1) is 5.29. The van der Waals surface area contributed by atoms with Crippen molar-refractivity contribution in [2.24, 2.45) is 5.92 Å². The van der Waals surface area contributed by atoms with E-state index >= 15 is 0 Å². The third-order valence-corrected chi connectivity index (χ3v) is 2.73. The molecule has 1 nitrogen and oxygen atoms in total. The SMILES string of the molecule is CCCC(CS)C(CS)OC. The van der Waals surface area contributed by atoms with E-state index in [-0.39, 0.29) is 6.10 Å². The molecule has 68 valence electrons. The molecule has 2 unspecified atom stereocenters. The standard InChI is InChI=1S/C8H18OS2/c1-3-4-7(5-10)8(6-11)9-2/h7-8,10-11H,3-6H2,1-2H3. The van der Waals surface area contributed by atoms with Crippen LogP contribution in [0.25, 0.3) is 0 Å². The molecule has 0 saturated carbocycles. The molecule has 0 aliphatic heterocycles. The van der Waals surface area contributed by atoms with Crippen molar-refractivity contribution in [1.29, 1.82) is 0 Å². The first-order valence-electron chi connectivity index (χ1n) is 4.04. The van der Waals surface area contributed by atoms with E-state index in [4.69, 9.17) is 4.74 Å². The molecule has 0 saturated heterocycles. The average molecular weight is 194 g/mol. The third kappa shape index (κ3) is 4.28. The summed E-state index contributed by atoms with van der Waals surface area (Å²) in [5, 5.41) is 0. The predicted octanol–water partition coefficient (Wildman–Crippen LogP) is 2.28. The molecule has 3 heteroatoms. The molecule has 0 aromatic carbocycles. The highest BCUT2D eigenvalue weighted by molar-refractivity contribution is 7.80. The summed E-state index contributed by atoms with van der Waals surface area (Å²) in [6.45, 7) is 2.18. The lowest BCUT2D eigenvalue weighted by Crippen LogP contribution is -2.25. The van der Waals surface area contributed by atoms with Gasteiger partial charge in [-0.2, -0.15) is 25.3 Å². The Morgan fingerprint density at radius 3 is 2.18 bits per heavy atom. The van der Waals surface area contributed by atoms with Crippen molar-refractivity contribution in [3.05, 3.63) is 0 Å². The van der Waals surface area contributed by atoms with Gasteiger partial charge in [-0.1, -0.05) is 13.3 Å². The molecule has 0 amide bonds. The highest BCUT2D eigenvalue weighted by Crippen LogP contribution is 2.16. The van der Waals surface area contributed by atoms with Crippen molar-refractivity contribution in [3.63, 3.8) is 0 Å². The van der Waals surface area contributed by atoms with Crippen molar-refractivity contribution < 1.29 is 4.74 Å². The fourth-order valence-corrected chi connectivity index (χ4v) is 2.05. The van der Waals surface area contributed by atoms with Crippen LogP contribution in [0.1, 0.15) is 19.8 Å². The molecular weight excluding hydrogens is 176 g/mol. The summed E-state index contributed by atoms with van der Waals surface area (Å²) in [6.07, 6.45) is 2.65. The molecule has 0 heterocycles. The Hall–Kier alpha value is 0.660. The minimum absolute atomic E-state index is 0.274. The van der Waals surface area contributed by atoms with Gasteiger partial charge in [0.05, 0.1) is 6.10 Å². The second kappa shape index (κ2) is 7.32. The largest absolute Gasteiger partial charge is 0.380 e. The minimum Gasteiger partial charge on any atom is -0.380 e. The summed E-state index contributed by atoms with van der Waals surface area (Å²) in [4.78, 5) is 0. The van der Waals surface area contributed by atoms with Crippen molar-refractivity contribution >= 4 is 25.3 Å². The molecule has 0 aliphatic carbocycles. The summed E-state index contributed by atoms with van der Waals surface area (Å²) < 4.78 is 5.28. The molecule has 0 aliphatic rings. The molecule has 0 spiro atoms. The first-order valence-corrected chi connectivity index (χ1v) is 5.31. The molecule has 0 bridgehead atoms. The van der Waals surface area contributed by atoms with Gasteiger partial charge in [0.2, 0.25) is 0 Å². The molecule has 0 N–H and O–H groups in total. The average Bonchev–Trinajstić information content (AvgIpc) is 2.05. The summed E-state index contributed by atoms with van der Waals surface area (Å²) in [5.41, 5.74) is 0. The number of ether oxygens (including phenoxy) is 1. The van der Waals surface area contributed by atoms with E-state index in [0.717, 1.165) is 11.5 Å². The Morgan fingerprint density at radius 1 is 1.27 bits per heavy atom.